The summed E-state index contributed by atoms with van der Waals surface area (Å²) in [7, 11) is 0. The van der Waals surface area contributed by atoms with Gasteiger partial charge in [0.25, 0.3) is 0 Å². The van der Waals surface area contributed by atoms with Gasteiger partial charge in [-0.1, -0.05) is 0 Å². The monoisotopic (exact) mass is 261 g/mol. The number of unbranched alkanes of at least 4 members (excludes halogenated alkanes) is 1. The van der Waals surface area contributed by atoms with Gasteiger partial charge in [-0.05, 0) is 31.9 Å². The summed E-state index contributed by atoms with van der Waals surface area (Å²) < 4.78 is 5.51. The number of carboxylic acids is 1. The first-order chi connectivity index (χ1) is 9.15. The van der Waals surface area contributed by atoms with E-state index in [0.29, 0.717) is 24.6 Å². The first kappa shape index (κ1) is 13.2. The Morgan fingerprint density at radius 2 is 2.16 bits per heavy atom. The van der Waals surface area contributed by atoms with Gasteiger partial charge in [0.2, 0.25) is 11.8 Å². The van der Waals surface area contributed by atoms with Crippen molar-refractivity contribution in [3.8, 4) is 11.5 Å². The van der Waals surface area contributed by atoms with Gasteiger partial charge in [0.05, 0.1) is 5.56 Å². The molecule has 19 heavy (non-hydrogen) atoms. The zero-order valence-electron chi connectivity index (χ0n) is 10.7. The average Bonchev–Trinajstić information content (AvgIpc) is 2.84. The molecular formula is C13H15N3O3. The number of aryl methyl sites for hydroxylation is 2. The zero-order chi connectivity index (χ0) is 13.7. The van der Waals surface area contributed by atoms with E-state index in [4.69, 9.17) is 9.52 Å². The number of hydrogen-bond donors (Lipinski definition) is 1. The molecule has 0 saturated heterocycles. The van der Waals surface area contributed by atoms with Gasteiger partial charge in [-0.15, -0.1) is 10.2 Å². The lowest BCUT2D eigenvalue weighted by molar-refractivity contribution is -0.137. The standard InChI is InChI=1S/C13H15N3O3/c1-9-6-7-10(8-14-9)13-16-15-11(19-13)4-2-3-5-12(17)18/h6-8H,2-5H2,1H3,(H,17,18). The maximum Gasteiger partial charge on any atom is 0.303 e. The van der Waals surface area contributed by atoms with Gasteiger partial charge in [0, 0.05) is 24.7 Å². The number of pyridine rings is 1. The maximum atomic E-state index is 10.4. The second kappa shape index (κ2) is 6.08. The van der Waals surface area contributed by atoms with Crippen molar-refractivity contribution in [2.75, 3.05) is 0 Å². The second-order valence-electron chi connectivity index (χ2n) is 4.29. The predicted octanol–water partition coefficient (Wildman–Crippen LogP) is 2.24. The van der Waals surface area contributed by atoms with Crippen LogP contribution in [0.5, 0.6) is 0 Å². The molecular weight excluding hydrogens is 246 g/mol. The molecule has 6 heteroatoms. The smallest absolute Gasteiger partial charge is 0.303 e. The minimum absolute atomic E-state index is 0.170. The molecule has 0 aliphatic carbocycles. The fourth-order valence-corrected chi connectivity index (χ4v) is 1.62. The van der Waals surface area contributed by atoms with Crippen molar-refractivity contribution >= 4 is 5.97 Å². The van der Waals surface area contributed by atoms with E-state index in [1.807, 2.05) is 19.1 Å². The van der Waals surface area contributed by atoms with E-state index in [1.165, 1.54) is 0 Å². The number of hydrogen-bond acceptors (Lipinski definition) is 5. The van der Waals surface area contributed by atoms with Crippen molar-refractivity contribution in [1.82, 2.24) is 15.2 Å². The molecule has 0 unspecified atom stereocenters. The molecule has 2 rings (SSSR count). The topological polar surface area (TPSA) is 89.1 Å². The summed E-state index contributed by atoms with van der Waals surface area (Å²) in [5.74, 6) is 0.193. The molecule has 2 heterocycles. The van der Waals surface area contributed by atoms with Crippen LogP contribution in [0.1, 0.15) is 30.8 Å². The highest BCUT2D eigenvalue weighted by molar-refractivity contribution is 5.66. The summed E-state index contributed by atoms with van der Waals surface area (Å²) in [5, 5.41) is 16.4. The van der Waals surface area contributed by atoms with Crippen molar-refractivity contribution in [1.29, 1.82) is 0 Å². The van der Waals surface area contributed by atoms with Gasteiger partial charge in [0.1, 0.15) is 0 Å². The summed E-state index contributed by atoms with van der Waals surface area (Å²) in [6.45, 7) is 1.91. The highest BCUT2D eigenvalue weighted by Crippen LogP contribution is 2.17. The third-order valence-corrected chi connectivity index (χ3v) is 2.66. The van der Waals surface area contributed by atoms with Crippen molar-refractivity contribution < 1.29 is 14.3 Å². The molecule has 0 aliphatic heterocycles. The van der Waals surface area contributed by atoms with Gasteiger partial charge in [-0.2, -0.15) is 0 Å². The number of aromatic nitrogens is 3. The molecule has 0 saturated carbocycles. The molecule has 0 amide bonds. The lowest BCUT2D eigenvalue weighted by atomic mass is 10.2. The van der Waals surface area contributed by atoms with E-state index in [0.717, 1.165) is 17.7 Å². The molecule has 0 bridgehead atoms. The molecule has 1 N–H and O–H groups in total. The van der Waals surface area contributed by atoms with Gasteiger partial charge < -0.3 is 9.52 Å². The van der Waals surface area contributed by atoms with Crippen LogP contribution in [0.2, 0.25) is 0 Å². The van der Waals surface area contributed by atoms with E-state index in [9.17, 15) is 4.79 Å². The normalized spacial score (nSPS) is 10.6. The third-order valence-electron chi connectivity index (χ3n) is 2.66. The Morgan fingerprint density at radius 1 is 1.32 bits per heavy atom. The highest BCUT2D eigenvalue weighted by atomic mass is 16.4. The largest absolute Gasteiger partial charge is 0.481 e. The number of carbonyl (C=O) groups is 1. The first-order valence-corrected chi connectivity index (χ1v) is 6.12. The Hall–Kier alpha value is -2.24. The summed E-state index contributed by atoms with van der Waals surface area (Å²) in [5.41, 5.74) is 1.71. The fourth-order valence-electron chi connectivity index (χ4n) is 1.62. The highest BCUT2D eigenvalue weighted by Gasteiger charge is 2.08. The Balaban J connectivity index is 1.91. The van der Waals surface area contributed by atoms with Crippen LogP contribution in [-0.2, 0) is 11.2 Å². The SMILES string of the molecule is Cc1ccc(-c2nnc(CCCCC(=O)O)o2)cn1. The molecule has 6 nitrogen and oxygen atoms in total. The van der Waals surface area contributed by atoms with Crippen LogP contribution in [-0.4, -0.2) is 26.3 Å². The van der Waals surface area contributed by atoms with Gasteiger partial charge in [-0.25, -0.2) is 0 Å². The van der Waals surface area contributed by atoms with E-state index >= 15 is 0 Å². The molecule has 2 aromatic rings. The number of nitrogens with zero attached hydrogens (tertiary/aromatic N) is 3. The number of aliphatic carboxylic acids is 1. The quantitative estimate of drug-likeness (QED) is 0.802. The summed E-state index contributed by atoms with van der Waals surface area (Å²) in [4.78, 5) is 14.5. The molecule has 2 aromatic heterocycles. The Labute approximate surface area is 110 Å². The molecule has 0 spiro atoms. The summed E-state index contributed by atoms with van der Waals surface area (Å²) in [6.07, 6.45) is 3.79. The van der Waals surface area contributed by atoms with Crippen LogP contribution in [0.15, 0.2) is 22.7 Å². The average molecular weight is 261 g/mol. The van der Waals surface area contributed by atoms with Crippen LogP contribution >= 0.6 is 0 Å². The van der Waals surface area contributed by atoms with Crippen molar-refractivity contribution in [2.24, 2.45) is 0 Å². The maximum absolute atomic E-state index is 10.4. The Morgan fingerprint density at radius 3 is 2.84 bits per heavy atom. The van der Waals surface area contributed by atoms with Crippen LogP contribution in [0.3, 0.4) is 0 Å². The van der Waals surface area contributed by atoms with Gasteiger partial charge >= 0.3 is 5.97 Å². The van der Waals surface area contributed by atoms with Crippen molar-refractivity contribution in [3.63, 3.8) is 0 Å². The summed E-state index contributed by atoms with van der Waals surface area (Å²) in [6, 6.07) is 3.76. The van der Waals surface area contributed by atoms with E-state index in [2.05, 4.69) is 15.2 Å². The lowest BCUT2D eigenvalue weighted by Crippen LogP contribution is -1.95. The fraction of sp³-hybridized carbons (Fsp3) is 0.385. The minimum Gasteiger partial charge on any atom is -0.481 e. The number of rotatable bonds is 6. The zero-order valence-corrected chi connectivity index (χ0v) is 10.7. The molecule has 0 atom stereocenters. The predicted molar refractivity (Wildman–Crippen MR) is 67.5 cm³/mol. The van der Waals surface area contributed by atoms with Crippen molar-refractivity contribution in [3.05, 3.63) is 29.9 Å². The third kappa shape index (κ3) is 3.87. The first-order valence-electron chi connectivity index (χ1n) is 6.12. The van der Waals surface area contributed by atoms with Crippen LogP contribution < -0.4 is 0 Å². The van der Waals surface area contributed by atoms with E-state index < -0.39 is 5.97 Å². The van der Waals surface area contributed by atoms with Crippen LogP contribution in [0, 0.1) is 6.92 Å². The van der Waals surface area contributed by atoms with E-state index in [1.54, 1.807) is 6.20 Å². The molecule has 0 aliphatic rings. The van der Waals surface area contributed by atoms with Gasteiger partial charge in [-0.3, -0.25) is 9.78 Å². The molecule has 0 radical (unpaired) electrons. The van der Waals surface area contributed by atoms with Crippen LogP contribution in [0.25, 0.3) is 11.5 Å². The Kier molecular flexibility index (Phi) is 4.22. The lowest BCUT2D eigenvalue weighted by Gasteiger charge is -1.95. The van der Waals surface area contributed by atoms with Crippen molar-refractivity contribution in [2.45, 2.75) is 32.6 Å². The minimum atomic E-state index is -0.781. The van der Waals surface area contributed by atoms with E-state index in [-0.39, 0.29) is 6.42 Å². The number of carboxylic acid groups (broad SMARTS) is 1. The van der Waals surface area contributed by atoms with Gasteiger partial charge in [0.15, 0.2) is 0 Å². The molecule has 0 fully saturated rings. The second-order valence-corrected chi connectivity index (χ2v) is 4.29. The van der Waals surface area contributed by atoms with Crippen LogP contribution in [0.4, 0.5) is 0 Å². The Bertz CT molecular complexity index is 549. The molecule has 0 aromatic carbocycles. The summed E-state index contributed by atoms with van der Waals surface area (Å²) >= 11 is 0. The molecule has 100 valence electrons.